The van der Waals surface area contributed by atoms with Crippen LogP contribution >= 0.6 is 0 Å². The Bertz CT molecular complexity index is 525. The highest BCUT2D eigenvalue weighted by Gasteiger charge is 2.27. The maximum atomic E-state index is 11.1. The fourth-order valence-electron chi connectivity index (χ4n) is 2.19. The van der Waals surface area contributed by atoms with E-state index in [9.17, 15) is 20.2 Å². The van der Waals surface area contributed by atoms with Gasteiger partial charge in [-0.2, -0.15) is 0 Å². The van der Waals surface area contributed by atoms with Crippen LogP contribution in [0.15, 0.2) is 12.1 Å². The summed E-state index contributed by atoms with van der Waals surface area (Å²) in [5, 5.41) is 21.9. The number of benzene rings is 1. The first-order valence-corrected chi connectivity index (χ1v) is 5.77. The standard InChI is InChI=1S/C11H13N3O5/c1-8-6-9(13(15)16)7-10(14(17)18)11(8)12-2-4-19-5-3-12/h6-7H,2-5H2,1H3. The van der Waals surface area contributed by atoms with E-state index in [1.807, 2.05) is 4.90 Å². The summed E-state index contributed by atoms with van der Waals surface area (Å²) in [6, 6.07) is 2.37. The van der Waals surface area contributed by atoms with Gasteiger partial charge in [0.2, 0.25) is 0 Å². The molecule has 1 aliphatic rings. The Labute approximate surface area is 108 Å². The Morgan fingerprint density at radius 1 is 1.16 bits per heavy atom. The van der Waals surface area contributed by atoms with Crippen LogP contribution in [0.3, 0.4) is 0 Å². The minimum absolute atomic E-state index is 0.228. The van der Waals surface area contributed by atoms with Gasteiger partial charge in [-0.05, 0) is 12.5 Å². The topological polar surface area (TPSA) is 98.8 Å². The van der Waals surface area contributed by atoms with Crippen LogP contribution in [0.1, 0.15) is 5.56 Å². The maximum Gasteiger partial charge on any atom is 0.299 e. The molecule has 1 aromatic carbocycles. The molecular formula is C11H13N3O5. The molecule has 102 valence electrons. The second kappa shape index (κ2) is 5.19. The van der Waals surface area contributed by atoms with Gasteiger partial charge in [0.25, 0.3) is 11.4 Å². The molecule has 0 atom stereocenters. The van der Waals surface area contributed by atoms with Gasteiger partial charge < -0.3 is 9.64 Å². The number of non-ortho nitro benzene ring substituents is 1. The molecule has 1 saturated heterocycles. The second-order valence-corrected chi connectivity index (χ2v) is 4.24. The van der Waals surface area contributed by atoms with Crippen molar-refractivity contribution in [2.75, 3.05) is 31.2 Å². The largest absolute Gasteiger partial charge is 0.378 e. The van der Waals surface area contributed by atoms with Crippen molar-refractivity contribution in [3.8, 4) is 0 Å². The molecule has 1 aliphatic heterocycles. The minimum atomic E-state index is -0.622. The van der Waals surface area contributed by atoms with Crippen LogP contribution in [0, 0.1) is 27.2 Å². The van der Waals surface area contributed by atoms with Crippen molar-refractivity contribution in [3.63, 3.8) is 0 Å². The van der Waals surface area contributed by atoms with Gasteiger partial charge >= 0.3 is 0 Å². The molecule has 0 amide bonds. The summed E-state index contributed by atoms with van der Waals surface area (Å²) >= 11 is 0. The maximum absolute atomic E-state index is 11.1. The van der Waals surface area contributed by atoms with Crippen molar-refractivity contribution in [2.24, 2.45) is 0 Å². The summed E-state index contributed by atoms with van der Waals surface area (Å²) in [7, 11) is 0. The van der Waals surface area contributed by atoms with Crippen LogP contribution in [-0.2, 0) is 4.74 Å². The van der Waals surface area contributed by atoms with Gasteiger partial charge in [-0.1, -0.05) is 0 Å². The summed E-state index contributed by atoms with van der Waals surface area (Å²) in [4.78, 5) is 22.5. The molecule has 8 heteroatoms. The predicted molar refractivity (Wildman–Crippen MR) is 67.5 cm³/mol. The Kier molecular flexibility index (Phi) is 3.61. The number of hydrogen-bond donors (Lipinski definition) is 0. The Morgan fingerprint density at radius 3 is 2.32 bits per heavy atom. The van der Waals surface area contributed by atoms with Crippen molar-refractivity contribution in [3.05, 3.63) is 37.9 Å². The van der Waals surface area contributed by atoms with Gasteiger partial charge in [0.1, 0.15) is 5.69 Å². The van der Waals surface area contributed by atoms with Crippen LogP contribution in [-0.4, -0.2) is 36.1 Å². The molecule has 0 aliphatic carbocycles. The number of morpholine rings is 1. The fourth-order valence-corrected chi connectivity index (χ4v) is 2.19. The lowest BCUT2D eigenvalue weighted by Crippen LogP contribution is -2.37. The molecule has 1 aromatic rings. The Balaban J connectivity index is 2.51. The molecule has 1 fully saturated rings. The van der Waals surface area contributed by atoms with Gasteiger partial charge in [-0.25, -0.2) is 0 Å². The summed E-state index contributed by atoms with van der Waals surface area (Å²) in [5.74, 6) is 0. The molecule has 0 N–H and O–H groups in total. The van der Waals surface area contributed by atoms with Gasteiger partial charge in [0.15, 0.2) is 0 Å². The van der Waals surface area contributed by atoms with Gasteiger partial charge in [0, 0.05) is 19.2 Å². The normalized spacial score (nSPS) is 15.3. The smallest absolute Gasteiger partial charge is 0.299 e. The fraction of sp³-hybridized carbons (Fsp3) is 0.455. The van der Waals surface area contributed by atoms with E-state index in [1.165, 1.54) is 6.07 Å². The Hall–Kier alpha value is -2.22. The third-order valence-corrected chi connectivity index (χ3v) is 3.00. The lowest BCUT2D eigenvalue weighted by Gasteiger charge is -2.29. The number of nitrogens with zero attached hydrogens (tertiary/aromatic N) is 3. The number of anilines is 1. The summed E-state index contributed by atoms with van der Waals surface area (Å²) in [6.07, 6.45) is 0. The average molecular weight is 267 g/mol. The van der Waals surface area contributed by atoms with E-state index >= 15 is 0 Å². The highest BCUT2D eigenvalue weighted by molar-refractivity contribution is 5.71. The van der Waals surface area contributed by atoms with E-state index in [-0.39, 0.29) is 11.4 Å². The van der Waals surface area contributed by atoms with Crippen LogP contribution in [0.4, 0.5) is 17.1 Å². The van der Waals surface area contributed by atoms with Crippen molar-refractivity contribution in [1.29, 1.82) is 0 Å². The molecular weight excluding hydrogens is 254 g/mol. The molecule has 0 radical (unpaired) electrons. The van der Waals surface area contributed by atoms with Crippen molar-refractivity contribution in [1.82, 2.24) is 0 Å². The monoisotopic (exact) mass is 267 g/mol. The van der Waals surface area contributed by atoms with E-state index in [4.69, 9.17) is 4.74 Å². The van der Waals surface area contributed by atoms with Crippen LogP contribution in [0.2, 0.25) is 0 Å². The third kappa shape index (κ3) is 2.63. The van der Waals surface area contributed by atoms with Crippen LogP contribution < -0.4 is 4.90 Å². The van der Waals surface area contributed by atoms with Crippen molar-refractivity contribution < 1.29 is 14.6 Å². The molecule has 0 spiro atoms. The quantitative estimate of drug-likeness (QED) is 0.609. The van der Waals surface area contributed by atoms with E-state index in [2.05, 4.69) is 0 Å². The second-order valence-electron chi connectivity index (χ2n) is 4.24. The highest BCUT2D eigenvalue weighted by Crippen LogP contribution is 2.36. The lowest BCUT2D eigenvalue weighted by molar-refractivity contribution is -0.393. The summed E-state index contributed by atoms with van der Waals surface area (Å²) in [6.45, 7) is 3.71. The molecule has 8 nitrogen and oxygen atoms in total. The van der Waals surface area contributed by atoms with Crippen LogP contribution in [0.25, 0.3) is 0 Å². The Morgan fingerprint density at radius 2 is 1.79 bits per heavy atom. The zero-order chi connectivity index (χ0) is 14.0. The zero-order valence-corrected chi connectivity index (χ0v) is 10.4. The average Bonchev–Trinajstić information content (AvgIpc) is 2.38. The zero-order valence-electron chi connectivity index (χ0n) is 10.4. The van der Waals surface area contributed by atoms with Gasteiger partial charge in [-0.3, -0.25) is 20.2 Å². The van der Waals surface area contributed by atoms with Gasteiger partial charge in [-0.15, -0.1) is 0 Å². The number of aryl methyl sites for hydroxylation is 1. The SMILES string of the molecule is Cc1cc([N+](=O)[O-])cc([N+](=O)[O-])c1N1CCOCC1. The first-order valence-electron chi connectivity index (χ1n) is 5.77. The minimum Gasteiger partial charge on any atom is -0.378 e. The number of rotatable bonds is 3. The molecule has 1 heterocycles. The number of nitro benzene ring substituents is 2. The van der Waals surface area contributed by atoms with Crippen molar-refractivity contribution in [2.45, 2.75) is 6.92 Å². The van der Waals surface area contributed by atoms with Crippen molar-refractivity contribution >= 4 is 17.1 Å². The summed E-state index contributed by atoms with van der Waals surface area (Å²) < 4.78 is 5.20. The van der Waals surface area contributed by atoms with E-state index in [0.717, 1.165) is 6.07 Å². The molecule has 0 saturated carbocycles. The number of ether oxygens (including phenoxy) is 1. The third-order valence-electron chi connectivity index (χ3n) is 3.00. The molecule has 0 unspecified atom stereocenters. The van der Waals surface area contributed by atoms with E-state index in [1.54, 1.807) is 6.92 Å². The van der Waals surface area contributed by atoms with Crippen LogP contribution in [0.5, 0.6) is 0 Å². The van der Waals surface area contributed by atoms with E-state index in [0.29, 0.717) is 37.6 Å². The molecule has 0 bridgehead atoms. The lowest BCUT2D eigenvalue weighted by atomic mass is 10.1. The first kappa shape index (κ1) is 13.2. The molecule has 19 heavy (non-hydrogen) atoms. The number of nitro groups is 2. The molecule has 0 aromatic heterocycles. The van der Waals surface area contributed by atoms with E-state index < -0.39 is 9.85 Å². The number of hydrogen-bond acceptors (Lipinski definition) is 6. The van der Waals surface area contributed by atoms with Gasteiger partial charge in [0.05, 0.1) is 29.1 Å². The highest BCUT2D eigenvalue weighted by atomic mass is 16.6. The molecule has 2 rings (SSSR count). The first-order chi connectivity index (χ1) is 9.00. The summed E-state index contributed by atoms with van der Waals surface area (Å²) in [5.41, 5.74) is 0.483. The predicted octanol–water partition coefficient (Wildman–Crippen LogP) is 1.65.